The van der Waals surface area contributed by atoms with Crippen molar-refractivity contribution in [2.75, 3.05) is 6.61 Å². The second-order valence-electron chi connectivity index (χ2n) is 5.24. The highest BCUT2D eigenvalue weighted by molar-refractivity contribution is 5.85. The Kier molecular flexibility index (Phi) is 9.93. The van der Waals surface area contributed by atoms with E-state index in [-0.39, 0.29) is 6.61 Å². The first-order valence-electron chi connectivity index (χ1n) is 7.94. The molecule has 0 radical (unpaired) electrons. The first kappa shape index (κ1) is 23.4. The zero-order chi connectivity index (χ0) is 20.4. The fourth-order valence-corrected chi connectivity index (χ4v) is 1.51. The summed E-state index contributed by atoms with van der Waals surface area (Å²) in [5.41, 5.74) is 0. The molecule has 0 fully saturated rings. The van der Waals surface area contributed by atoms with Crippen LogP contribution in [0.2, 0.25) is 0 Å². The molecule has 0 saturated carbocycles. The predicted molar refractivity (Wildman–Crippen MR) is 84.5 cm³/mol. The van der Waals surface area contributed by atoms with Crippen LogP contribution in [0.4, 0.5) is 0 Å². The van der Waals surface area contributed by atoms with E-state index in [2.05, 4.69) is 9.47 Å². The number of rotatable bonds is 9. The van der Waals surface area contributed by atoms with Crippen LogP contribution < -0.4 is 0 Å². The molecule has 0 aliphatic heterocycles. The van der Waals surface area contributed by atoms with Gasteiger partial charge in [0.2, 0.25) is 0 Å². The van der Waals surface area contributed by atoms with Crippen LogP contribution >= 0.6 is 0 Å². The summed E-state index contributed by atoms with van der Waals surface area (Å²) >= 11 is 0. The van der Waals surface area contributed by atoms with E-state index in [1.165, 1.54) is 27.7 Å². The largest absolute Gasteiger partial charge is 0.463 e. The summed E-state index contributed by atoms with van der Waals surface area (Å²) in [5, 5.41) is 0. The molecule has 0 aromatic carbocycles. The predicted octanol–water partition coefficient (Wildman–Crippen LogP) is 0.296. The lowest BCUT2D eigenvalue weighted by Crippen LogP contribution is -2.37. The third-order valence-corrected chi connectivity index (χ3v) is 2.84. The van der Waals surface area contributed by atoms with Gasteiger partial charge in [-0.2, -0.15) is 0 Å². The van der Waals surface area contributed by atoms with Gasteiger partial charge in [-0.25, -0.2) is 19.2 Å². The average Bonchev–Trinajstić information content (AvgIpc) is 2.53. The summed E-state index contributed by atoms with van der Waals surface area (Å²) in [5.74, 6) is -4.35. The van der Waals surface area contributed by atoms with Gasteiger partial charge in [-0.1, -0.05) is 0 Å². The van der Waals surface area contributed by atoms with Gasteiger partial charge in [-0.3, -0.25) is 4.79 Å². The molecule has 0 aliphatic carbocycles. The maximum atomic E-state index is 11.9. The second-order valence-corrected chi connectivity index (χ2v) is 5.24. The molecule has 0 saturated heterocycles. The first-order chi connectivity index (χ1) is 12.0. The summed E-state index contributed by atoms with van der Waals surface area (Å²) in [6.07, 6.45) is -5.05. The topological polar surface area (TPSA) is 132 Å². The monoisotopic (exact) mass is 376 g/mol. The molecule has 0 aromatic heterocycles. The molecule has 0 rings (SSSR count). The quantitative estimate of drug-likeness (QED) is 0.409. The zero-order valence-corrected chi connectivity index (χ0v) is 15.6. The van der Waals surface area contributed by atoms with E-state index in [9.17, 15) is 24.0 Å². The van der Waals surface area contributed by atoms with Gasteiger partial charge in [0.1, 0.15) is 0 Å². The lowest BCUT2D eigenvalue weighted by atomic mass is 10.3. The Morgan fingerprint density at radius 2 is 0.923 bits per heavy atom. The van der Waals surface area contributed by atoms with E-state index in [0.717, 1.165) is 6.92 Å². The van der Waals surface area contributed by atoms with Crippen molar-refractivity contribution >= 4 is 29.8 Å². The lowest BCUT2D eigenvalue weighted by molar-refractivity contribution is -0.184. The van der Waals surface area contributed by atoms with E-state index < -0.39 is 54.3 Å². The highest BCUT2D eigenvalue weighted by atomic mass is 16.6. The van der Waals surface area contributed by atoms with Gasteiger partial charge in [-0.15, -0.1) is 0 Å². The molecule has 0 aromatic rings. The Labute approximate surface area is 151 Å². The molecule has 26 heavy (non-hydrogen) atoms. The molecule has 0 aliphatic rings. The lowest BCUT2D eigenvalue weighted by Gasteiger charge is -2.19. The molecule has 0 heterocycles. The normalized spacial score (nSPS) is 14.8. The van der Waals surface area contributed by atoms with Crippen molar-refractivity contribution in [2.45, 2.75) is 66.0 Å². The SMILES string of the molecule is CCOC(=O)[C@H](C)OC(=O)[C@H](C)OC(=O)[C@@H](C)OC(=O)[C@@H](C)OC(C)=O. The number of carbonyl (C=O) groups excluding carboxylic acids is 5. The highest BCUT2D eigenvalue weighted by Gasteiger charge is 2.29. The van der Waals surface area contributed by atoms with Gasteiger partial charge in [0.15, 0.2) is 24.4 Å². The van der Waals surface area contributed by atoms with Crippen molar-refractivity contribution in [2.24, 2.45) is 0 Å². The van der Waals surface area contributed by atoms with Crippen molar-refractivity contribution in [1.82, 2.24) is 0 Å². The van der Waals surface area contributed by atoms with Gasteiger partial charge in [-0.05, 0) is 34.6 Å². The Morgan fingerprint density at radius 1 is 0.615 bits per heavy atom. The van der Waals surface area contributed by atoms with E-state index in [1.54, 1.807) is 6.92 Å². The number of ether oxygens (including phenoxy) is 5. The van der Waals surface area contributed by atoms with Crippen molar-refractivity contribution in [3.8, 4) is 0 Å². The molecule has 10 nitrogen and oxygen atoms in total. The minimum Gasteiger partial charge on any atom is -0.463 e. The summed E-state index contributed by atoms with van der Waals surface area (Å²) in [4.78, 5) is 57.5. The van der Waals surface area contributed by atoms with Crippen LogP contribution in [0, 0.1) is 0 Å². The molecule has 0 N–H and O–H groups in total. The smallest absolute Gasteiger partial charge is 0.347 e. The van der Waals surface area contributed by atoms with Crippen molar-refractivity contribution in [1.29, 1.82) is 0 Å². The molecule has 0 bridgehead atoms. The summed E-state index contributed by atoms with van der Waals surface area (Å²) in [6, 6.07) is 0. The Hall–Kier alpha value is -2.65. The van der Waals surface area contributed by atoms with Crippen LogP contribution in [0.3, 0.4) is 0 Å². The molecular formula is C16H24O10. The standard InChI is InChI=1S/C16H24O10/c1-7-22-13(18)8(2)24-15(20)10(4)26-16(21)11(5)25-14(19)9(3)23-12(6)17/h8-11H,7H2,1-6H3/t8-,9+,10-,11+/m0/s1. The minimum atomic E-state index is -1.35. The zero-order valence-electron chi connectivity index (χ0n) is 15.6. The van der Waals surface area contributed by atoms with Crippen LogP contribution in [0.25, 0.3) is 0 Å². The Bertz CT molecular complexity index is 541. The molecule has 10 heteroatoms. The van der Waals surface area contributed by atoms with Crippen LogP contribution in [-0.2, 0) is 47.7 Å². The van der Waals surface area contributed by atoms with Gasteiger partial charge >= 0.3 is 29.8 Å². The average molecular weight is 376 g/mol. The maximum absolute atomic E-state index is 11.9. The Balaban J connectivity index is 4.51. The molecular weight excluding hydrogens is 352 g/mol. The molecule has 4 atom stereocenters. The highest BCUT2D eigenvalue weighted by Crippen LogP contribution is 2.06. The summed E-state index contributed by atoms with van der Waals surface area (Å²) in [7, 11) is 0. The maximum Gasteiger partial charge on any atom is 0.347 e. The van der Waals surface area contributed by atoms with E-state index in [4.69, 9.17) is 14.2 Å². The summed E-state index contributed by atoms with van der Waals surface area (Å²) < 4.78 is 23.7. The number of esters is 5. The number of hydrogen-bond acceptors (Lipinski definition) is 10. The third-order valence-electron chi connectivity index (χ3n) is 2.84. The number of hydrogen-bond donors (Lipinski definition) is 0. The van der Waals surface area contributed by atoms with Crippen LogP contribution in [0.1, 0.15) is 41.5 Å². The number of carbonyl (C=O) groups is 5. The van der Waals surface area contributed by atoms with Gasteiger partial charge in [0.05, 0.1) is 6.61 Å². The molecule has 0 unspecified atom stereocenters. The van der Waals surface area contributed by atoms with Crippen molar-refractivity contribution in [3.05, 3.63) is 0 Å². The Morgan fingerprint density at radius 3 is 1.23 bits per heavy atom. The third kappa shape index (κ3) is 8.45. The van der Waals surface area contributed by atoms with Gasteiger partial charge < -0.3 is 23.7 Å². The van der Waals surface area contributed by atoms with Crippen LogP contribution in [0.15, 0.2) is 0 Å². The second kappa shape index (κ2) is 11.1. The fourth-order valence-electron chi connectivity index (χ4n) is 1.51. The fraction of sp³-hybridized carbons (Fsp3) is 0.688. The van der Waals surface area contributed by atoms with Crippen molar-refractivity contribution in [3.63, 3.8) is 0 Å². The van der Waals surface area contributed by atoms with Gasteiger partial charge in [0.25, 0.3) is 0 Å². The molecule has 0 amide bonds. The molecule has 148 valence electrons. The van der Waals surface area contributed by atoms with Crippen LogP contribution in [0.5, 0.6) is 0 Å². The van der Waals surface area contributed by atoms with E-state index in [1.807, 2.05) is 0 Å². The van der Waals surface area contributed by atoms with Crippen molar-refractivity contribution < 1.29 is 47.7 Å². The van der Waals surface area contributed by atoms with E-state index >= 15 is 0 Å². The minimum absolute atomic E-state index is 0.125. The van der Waals surface area contributed by atoms with E-state index in [0.29, 0.717) is 0 Å². The first-order valence-corrected chi connectivity index (χ1v) is 7.94. The molecule has 0 spiro atoms. The summed E-state index contributed by atoms with van der Waals surface area (Å²) in [6.45, 7) is 7.88. The van der Waals surface area contributed by atoms with Gasteiger partial charge in [0, 0.05) is 6.92 Å². The van der Waals surface area contributed by atoms with Crippen LogP contribution in [-0.4, -0.2) is 60.9 Å².